The predicted molar refractivity (Wildman–Crippen MR) is 41.0 cm³/mol. The molecule has 0 spiro atoms. The molecule has 0 aromatic heterocycles. The summed E-state index contributed by atoms with van der Waals surface area (Å²) < 4.78 is 4.31. The fourth-order valence-corrected chi connectivity index (χ4v) is 0.267. The summed E-state index contributed by atoms with van der Waals surface area (Å²) >= 11 is 0. The normalized spacial score (nSPS) is 10.8. The summed E-state index contributed by atoms with van der Waals surface area (Å²) in [7, 11) is 0. The molecule has 0 rings (SSSR count). The quantitative estimate of drug-likeness (QED) is 0.442. The third-order valence-corrected chi connectivity index (χ3v) is 0.677. The van der Waals surface area contributed by atoms with Crippen LogP contribution >= 0.6 is 0 Å². The van der Waals surface area contributed by atoms with Gasteiger partial charge in [0.15, 0.2) is 0 Å². The van der Waals surface area contributed by atoms with E-state index in [0.717, 1.165) is 0 Å². The molecule has 11 heavy (non-hydrogen) atoms. The molecule has 4 nitrogen and oxygen atoms in total. The van der Waals surface area contributed by atoms with Crippen LogP contribution < -0.4 is 0 Å². The first kappa shape index (κ1) is 12.8. The Morgan fingerprint density at radius 3 is 2.36 bits per heavy atom. The van der Waals surface area contributed by atoms with Gasteiger partial charge in [-0.05, 0) is 6.92 Å². The van der Waals surface area contributed by atoms with Gasteiger partial charge in [-0.25, -0.2) is 4.79 Å². The number of esters is 1. The zero-order valence-corrected chi connectivity index (χ0v) is 6.62. The summed E-state index contributed by atoms with van der Waals surface area (Å²) in [6.07, 6.45) is -1.10. The Bertz CT molecular complexity index is 101. The van der Waals surface area contributed by atoms with Gasteiger partial charge >= 0.3 is 5.97 Å². The van der Waals surface area contributed by atoms with Crippen molar-refractivity contribution in [1.82, 2.24) is 0 Å². The van der Waals surface area contributed by atoms with Gasteiger partial charge in [-0.3, -0.25) is 0 Å². The minimum Gasteiger partial charge on any atom is -0.461 e. The van der Waals surface area contributed by atoms with Crippen LogP contribution in [0.15, 0.2) is 13.2 Å². The molecule has 0 aliphatic heterocycles. The maximum Gasteiger partial charge on any atom is 0.334 e. The van der Waals surface area contributed by atoms with Crippen LogP contribution in [0.2, 0.25) is 0 Å². The average Bonchev–Trinajstić information content (AvgIpc) is 2.03. The van der Waals surface area contributed by atoms with Gasteiger partial charge in [-0.2, -0.15) is 0 Å². The first-order valence-corrected chi connectivity index (χ1v) is 3.14. The number of aliphatic hydroxyl groups excluding tert-OH is 2. The van der Waals surface area contributed by atoms with Crippen LogP contribution in [0.3, 0.4) is 0 Å². The summed E-state index contributed by atoms with van der Waals surface area (Å²) in [5.74, 6) is -0.705. The van der Waals surface area contributed by atoms with E-state index in [1.807, 2.05) is 0 Å². The van der Waals surface area contributed by atoms with E-state index in [-0.39, 0.29) is 13.2 Å². The van der Waals surface area contributed by atoms with E-state index in [1.165, 1.54) is 6.92 Å². The number of ether oxygens (including phenoxy) is 1. The Hall–Kier alpha value is -0.870. The summed E-state index contributed by atoms with van der Waals surface area (Å²) in [4.78, 5) is 10.3. The maximum absolute atomic E-state index is 10.3. The molecule has 0 aliphatic rings. The van der Waals surface area contributed by atoms with Crippen molar-refractivity contribution in [3.8, 4) is 0 Å². The smallest absolute Gasteiger partial charge is 0.334 e. The standard InChI is InChI=1S/C5H10O4.C2H4/c1-4(7)5(8)9-3-2-6;1-2/h4,6-7H,2-3H2,1H3;1-2H2. The molecular weight excluding hydrogens is 148 g/mol. The van der Waals surface area contributed by atoms with Crippen molar-refractivity contribution in [3.63, 3.8) is 0 Å². The van der Waals surface area contributed by atoms with Crippen LogP contribution in [-0.2, 0) is 9.53 Å². The Morgan fingerprint density at radius 2 is 2.09 bits per heavy atom. The van der Waals surface area contributed by atoms with Gasteiger partial charge in [0.05, 0.1) is 6.61 Å². The highest BCUT2D eigenvalue weighted by Crippen LogP contribution is 1.84. The van der Waals surface area contributed by atoms with Gasteiger partial charge in [-0.15, -0.1) is 13.2 Å². The van der Waals surface area contributed by atoms with Crippen LogP contribution in [0, 0.1) is 0 Å². The Labute approximate surface area is 66.1 Å². The molecule has 2 N–H and O–H groups in total. The fourth-order valence-electron chi connectivity index (χ4n) is 0.267. The Morgan fingerprint density at radius 1 is 1.64 bits per heavy atom. The largest absolute Gasteiger partial charge is 0.461 e. The number of carbonyl (C=O) groups excluding carboxylic acids is 1. The lowest BCUT2D eigenvalue weighted by Gasteiger charge is -2.02. The van der Waals surface area contributed by atoms with E-state index in [2.05, 4.69) is 17.9 Å². The van der Waals surface area contributed by atoms with Crippen molar-refractivity contribution >= 4 is 5.97 Å². The van der Waals surface area contributed by atoms with Crippen molar-refractivity contribution in [3.05, 3.63) is 13.2 Å². The van der Waals surface area contributed by atoms with Crippen molar-refractivity contribution < 1.29 is 19.7 Å². The number of hydrogen-bond acceptors (Lipinski definition) is 4. The highest BCUT2D eigenvalue weighted by molar-refractivity contribution is 5.73. The summed E-state index contributed by atoms with van der Waals surface area (Å²) in [5.41, 5.74) is 0. The van der Waals surface area contributed by atoms with Crippen LogP contribution in [0.4, 0.5) is 0 Å². The third kappa shape index (κ3) is 9.13. The maximum atomic E-state index is 10.3. The Kier molecular flexibility index (Phi) is 10.6. The van der Waals surface area contributed by atoms with Gasteiger partial charge < -0.3 is 14.9 Å². The molecule has 1 unspecified atom stereocenters. The van der Waals surface area contributed by atoms with Gasteiger partial charge in [-0.1, -0.05) is 0 Å². The van der Waals surface area contributed by atoms with E-state index in [9.17, 15) is 4.79 Å². The molecule has 0 saturated carbocycles. The molecule has 0 aromatic rings. The van der Waals surface area contributed by atoms with Crippen LogP contribution in [0.5, 0.6) is 0 Å². The second-order valence-corrected chi connectivity index (χ2v) is 1.57. The second kappa shape index (κ2) is 9.13. The summed E-state index contributed by atoms with van der Waals surface area (Å²) in [6, 6.07) is 0. The topological polar surface area (TPSA) is 66.8 Å². The average molecular weight is 162 g/mol. The van der Waals surface area contributed by atoms with E-state index < -0.39 is 12.1 Å². The molecule has 0 saturated heterocycles. The van der Waals surface area contributed by atoms with Crippen molar-refractivity contribution in [2.75, 3.05) is 13.2 Å². The minimum absolute atomic E-state index is 0.0519. The van der Waals surface area contributed by atoms with E-state index in [1.54, 1.807) is 0 Å². The van der Waals surface area contributed by atoms with Crippen LogP contribution in [-0.4, -0.2) is 35.5 Å². The molecule has 0 heterocycles. The molecule has 0 radical (unpaired) electrons. The summed E-state index contributed by atoms with van der Waals surface area (Å²) in [6.45, 7) is 7.04. The monoisotopic (exact) mass is 162 g/mol. The number of carbonyl (C=O) groups is 1. The van der Waals surface area contributed by atoms with Crippen LogP contribution in [0.25, 0.3) is 0 Å². The zero-order valence-electron chi connectivity index (χ0n) is 6.62. The molecule has 1 atom stereocenters. The number of rotatable bonds is 3. The molecule has 0 aliphatic carbocycles. The molecular formula is C7H14O4. The molecule has 0 bridgehead atoms. The van der Waals surface area contributed by atoms with Crippen molar-refractivity contribution in [2.24, 2.45) is 0 Å². The number of aliphatic hydroxyl groups is 2. The molecule has 0 fully saturated rings. The zero-order chi connectivity index (χ0) is 9.28. The van der Waals surface area contributed by atoms with Crippen molar-refractivity contribution in [2.45, 2.75) is 13.0 Å². The van der Waals surface area contributed by atoms with Gasteiger partial charge in [0.2, 0.25) is 0 Å². The first-order chi connectivity index (χ1) is 5.18. The lowest BCUT2D eigenvalue weighted by atomic mass is 10.4. The first-order valence-electron chi connectivity index (χ1n) is 3.14. The lowest BCUT2D eigenvalue weighted by Crippen LogP contribution is -2.20. The van der Waals surface area contributed by atoms with E-state index >= 15 is 0 Å². The van der Waals surface area contributed by atoms with Crippen molar-refractivity contribution in [1.29, 1.82) is 0 Å². The fraction of sp³-hybridized carbons (Fsp3) is 0.571. The lowest BCUT2D eigenvalue weighted by molar-refractivity contribution is -0.153. The molecule has 66 valence electrons. The number of hydrogen-bond donors (Lipinski definition) is 2. The second-order valence-electron chi connectivity index (χ2n) is 1.57. The van der Waals surface area contributed by atoms with E-state index in [4.69, 9.17) is 10.2 Å². The molecule has 4 heteroatoms. The highest BCUT2D eigenvalue weighted by atomic mass is 16.6. The Balaban J connectivity index is 0. The molecule has 0 amide bonds. The molecule has 0 aromatic carbocycles. The summed E-state index contributed by atoms with van der Waals surface area (Å²) in [5, 5.41) is 16.6. The van der Waals surface area contributed by atoms with Gasteiger partial charge in [0, 0.05) is 0 Å². The highest BCUT2D eigenvalue weighted by Gasteiger charge is 2.08. The third-order valence-electron chi connectivity index (χ3n) is 0.677. The minimum atomic E-state index is -1.10. The van der Waals surface area contributed by atoms with E-state index in [0.29, 0.717) is 0 Å². The van der Waals surface area contributed by atoms with Crippen LogP contribution in [0.1, 0.15) is 6.92 Å². The predicted octanol–water partition coefficient (Wildman–Crippen LogP) is -0.295. The SMILES string of the molecule is C=C.CC(O)C(=O)OCCO. The van der Waals surface area contributed by atoms with Gasteiger partial charge in [0.1, 0.15) is 12.7 Å². The van der Waals surface area contributed by atoms with Gasteiger partial charge in [0.25, 0.3) is 0 Å².